The summed E-state index contributed by atoms with van der Waals surface area (Å²) in [5.74, 6) is 0. The molecule has 1 aromatic carbocycles. The molecule has 1 nitrogen and oxygen atoms in total. The Balaban J connectivity index is 1.37. The third kappa shape index (κ3) is 0.131. The van der Waals surface area contributed by atoms with Gasteiger partial charge in [-0.15, -0.1) is 0 Å². The van der Waals surface area contributed by atoms with E-state index in [4.69, 9.17) is 0 Å². The van der Waals surface area contributed by atoms with Crippen LogP contribution in [0.15, 0.2) is 28.7 Å². The zero-order chi connectivity index (χ0) is 14.2. The molecule has 10 heterocycles. The number of rotatable bonds is 3. The summed E-state index contributed by atoms with van der Waals surface area (Å²) < 4.78 is 2.30. The second kappa shape index (κ2) is 0.972. The van der Waals surface area contributed by atoms with Crippen LogP contribution in [-0.4, -0.2) is 19.0 Å². The van der Waals surface area contributed by atoms with Gasteiger partial charge in [-0.2, -0.15) is 0 Å². The maximum atomic E-state index is 3.92. The van der Waals surface area contributed by atoms with Crippen LogP contribution >= 0.6 is 15.9 Å². The summed E-state index contributed by atoms with van der Waals surface area (Å²) in [5.41, 5.74) is 1.64. The van der Waals surface area contributed by atoms with Crippen molar-refractivity contribution in [2.75, 3.05) is 14.1 Å². The van der Waals surface area contributed by atoms with Crippen molar-refractivity contribution in [3.63, 3.8) is 0 Å². The number of hydrogen-bond donors (Lipinski definition) is 0. The van der Waals surface area contributed by atoms with Gasteiger partial charge in [0.1, 0.15) is 0 Å². The Morgan fingerprint density at radius 3 is 1.86 bits per heavy atom. The van der Waals surface area contributed by atoms with Crippen molar-refractivity contribution in [3.8, 4) is 0 Å². The van der Waals surface area contributed by atoms with Crippen molar-refractivity contribution in [2.45, 2.75) is 53.7 Å². The molecule has 0 aromatic heterocycles. The molecule has 10 fully saturated rings. The number of hydrogen-bond acceptors (Lipinski definition) is 1. The molecule has 0 radical (unpaired) electrons. The van der Waals surface area contributed by atoms with E-state index in [0.29, 0.717) is 0 Å². The van der Waals surface area contributed by atoms with Gasteiger partial charge in [0.15, 0.2) is 0 Å². The molecule has 0 amide bonds. The third-order valence-corrected chi connectivity index (χ3v) is 60.3. The molecular weight excluding hydrogens is 378 g/mol. The molecule has 10 saturated heterocycles. The van der Waals surface area contributed by atoms with Gasteiger partial charge in [-0.1, -0.05) is 0 Å². The minimum absolute atomic E-state index is 0.761. The van der Waals surface area contributed by atoms with Crippen molar-refractivity contribution in [1.29, 1.82) is 0 Å². The Kier molecular flexibility index (Phi) is 0.425. The number of benzene rings is 1. The van der Waals surface area contributed by atoms with Crippen LogP contribution in [0.4, 0.5) is 0 Å². The van der Waals surface area contributed by atoms with Crippen LogP contribution in [0.3, 0.4) is 0 Å². The first-order chi connectivity index (χ1) is 10.4. The molecule has 3 heteroatoms. The zero-order valence-electron chi connectivity index (χ0n) is 12.8. The van der Waals surface area contributed by atoms with Crippen LogP contribution in [0.25, 0.3) is 0 Å². The van der Waals surface area contributed by atoms with E-state index in [2.05, 4.69) is 59.2 Å². The Morgan fingerprint density at radius 1 is 0.955 bits per heavy atom. The maximum absolute atomic E-state index is 3.92. The van der Waals surface area contributed by atoms with E-state index in [9.17, 15) is 0 Å². The topological polar surface area (TPSA) is 3.24 Å². The van der Waals surface area contributed by atoms with Gasteiger partial charge < -0.3 is 0 Å². The van der Waals surface area contributed by atoms with Gasteiger partial charge in [0.2, 0.25) is 0 Å². The van der Waals surface area contributed by atoms with Gasteiger partial charge in [0.25, 0.3) is 0 Å². The Bertz CT molecular complexity index is 1190. The Morgan fingerprint density at radius 2 is 1.50 bits per heavy atom. The molecule has 10 aliphatic rings. The average Bonchev–Trinajstić information content (AvgIpc) is 3.43. The van der Waals surface area contributed by atoms with Crippen molar-refractivity contribution in [3.05, 3.63) is 34.3 Å². The fourth-order valence-electron chi connectivity index (χ4n) is 18.7. The standard InChI is InChI=1S/C14H15BrN.C5H5.Fe/c1-16(2)14(11-7-3-4-8-11)12-9-5-6-10-13(12)15;1-2-4-5-3-1;/h3-10,14H,1-2H3;1-5H;. The molecule has 116 valence electrons. The average molecular weight is 398 g/mol. The molecule has 11 rings (SSSR count). The van der Waals surface area contributed by atoms with E-state index in [-0.39, 0.29) is 0 Å². The van der Waals surface area contributed by atoms with Crippen LogP contribution in [0.2, 0.25) is 47.7 Å². The Labute approximate surface area is 129 Å². The molecule has 0 saturated carbocycles. The first-order valence-corrected chi connectivity index (χ1v) is 16.1. The van der Waals surface area contributed by atoms with Crippen molar-refractivity contribution < 1.29 is 6.51 Å². The molecule has 1 aromatic rings. The fraction of sp³-hybridized carbons (Fsp3) is 0.684. The van der Waals surface area contributed by atoms with Crippen LogP contribution < -0.4 is 0 Å². The van der Waals surface area contributed by atoms with Gasteiger partial charge in [-0.3, -0.25) is 0 Å². The van der Waals surface area contributed by atoms with Crippen molar-refractivity contribution in [1.82, 2.24) is 4.90 Å². The van der Waals surface area contributed by atoms with Gasteiger partial charge in [0.05, 0.1) is 0 Å². The van der Waals surface area contributed by atoms with E-state index in [0.717, 1.165) is 10.4 Å². The fourth-order valence-corrected chi connectivity index (χ4v) is 94.1. The molecular formula is C19H20BrFeN. The summed E-state index contributed by atoms with van der Waals surface area (Å²) >= 11 is 3.92. The molecule has 1 spiro atoms. The molecule has 5 unspecified atom stereocenters. The van der Waals surface area contributed by atoms with E-state index < -0.39 is 6.51 Å². The summed E-state index contributed by atoms with van der Waals surface area (Å²) in [7, 11) is 4.77. The zero-order valence-corrected chi connectivity index (χ0v) is 15.5. The van der Waals surface area contributed by atoms with Crippen LogP contribution in [0.5, 0.6) is 0 Å². The van der Waals surface area contributed by atoms with E-state index in [1.807, 2.05) is 0 Å². The molecule has 5 atom stereocenters. The second-order valence-electron chi connectivity index (χ2n) is 12.6. The van der Waals surface area contributed by atoms with Gasteiger partial charge in [-0.05, 0) is 0 Å². The molecule has 10 aliphatic heterocycles. The summed E-state index contributed by atoms with van der Waals surface area (Å²) in [5, 5.41) is 0. The predicted molar refractivity (Wildman–Crippen MR) is 87.0 cm³/mol. The van der Waals surface area contributed by atoms with Crippen LogP contribution in [0, 0.1) is 0 Å². The normalized spacial score (nSPS) is 96.5. The summed E-state index contributed by atoms with van der Waals surface area (Å²) in [6.45, 7) is -3.02. The summed E-state index contributed by atoms with van der Waals surface area (Å²) in [6.07, 6.45) is 0. The molecule has 22 heavy (non-hydrogen) atoms. The molecule has 0 N–H and O–H groups in total. The van der Waals surface area contributed by atoms with E-state index >= 15 is 0 Å². The second-order valence-corrected chi connectivity index (χ2v) is 37.1. The minimum atomic E-state index is -3.02. The van der Waals surface area contributed by atoms with E-state index in [1.54, 1.807) is 5.56 Å². The number of halogens is 1. The van der Waals surface area contributed by atoms with Crippen molar-refractivity contribution >= 4 is 15.9 Å². The van der Waals surface area contributed by atoms with Gasteiger partial charge in [-0.25, -0.2) is 0 Å². The number of fused-ring (bicyclic) bond motifs is 10. The van der Waals surface area contributed by atoms with Gasteiger partial charge >= 0.3 is 129 Å². The van der Waals surface area contributed by atoms with Crippen molar-refractivity contribution in [2.24, 2.45) is 0 Å². The number of nitrogens with zero attached hydrogens (tertiary/aromatic N) is 1. The third-order valence-electron chi connectivity index (χ3n) is 16.9. The predicted octanol–water partition coefficient (Wildman–Crippen LogP) is 5.81. The van der Waals surface area contributed by atoms with Gasteiger partial charge in [0, 0.05) is 0 Å². The van der Waals surface area contributed by atoms with E-state index in [1.165, 1.54) is 47.8 Å². The monoisotopic (exact) mass is 397 g/mol. The quantitative estimate of drug-likeness (QED) is 0.581. The van der Waals surface area contributed by atoms with Crippen LogP contribution in [0.1, 0.15) is 11.6 Å². The van der Waals surface area contributed by atoms with Crippen LogP contribution in [-0.2, 0) is 6.51 Å². The summed E-state index contributed by atoms with van der Waals surface area (Å²) in [4.78, 5) is 15.4. The first kappa shape index (κ1) is 9.61. The Hall–Kier alpha value is 0.179. The SMILES string of the molecule is CN(C)C(c1ccccc1Br)[C]12[CH]3[CH]4[CH]5[CH]1[Fe]45321678[CH]2[CH]1[CH]6[CH]7[CH]28. The first-order valence-electron chi connectivity index (χ1n) is 9.00. The molecule has 0 aliphatic carbocycles. The molecule has 0 bridgehead atoms. The summed E-state index contributed by atoms with van der Waals surface area (Å²) in [6, 6.07) is 9.97.